The van der Waals surface area contributed by atoms with Gasteiger partial charge in [-0.25, -0.2) is 15.0 Å². The molecule has 5 rings (SSSR count). The zero-order valence-corrected chi connectivity index (χ0v) is 13.3. The molecule has 0 saturated heterocycles. The fourth-order valence-electron chi connectivity index (χ4n) is 3.35. The number of aromatic amines is 1. The summed E-state index contributed by atoms with van der Waals surface area (Å²) in [7, 11) is 0. The molecular weight excluding hydrogens is 300 g/mol. The Morgan fingerprint density at radius 3 is 3.00 bits per heavy atom. The number of fused-ring (bicyclic) bond motifs is 2. The van der Waals surface area contributed by atoms with Gasteiger partial charge in [0, 0.05) is 23.4 Å². The van der Waals surface area contributed by atoms with Gasteiger partial charge in [-0.1, -0.05) is 18.2 Å². The Morgan fingerprint density at radius 1 is 1.17 bits per heavy atom. The highest BCUT2D eigenvalue weighted by atomic mass is 16.5. The van der Waals surface area contributed by atoms with Gasteiger partial charge >= 0.3 is 0 Å². The Hall–Kier alpha value is -2.69. The van der Waals surface area contributed by atoms with E-state index >= 15 is 0 Å². The Labute approximate surface area is 139 Å². The molecule has 1 aromatic carbocycles. The lowest BCUT2D eigenvalue weighted by Crippen LogP contribution is -2.14. The smallest absolute Gasteiger partial charge is 0.164 e. The first-order chi connectivity index (χ1) is 11.9. The molecule has 1 fully saturated rings. The summed E-state index contributed by atoms with van der Waals surface area (Å²) in [6.07, 6.45) is 7.05. The second kappa shape index (κ2) is 5.44. The van der Waals surface area contributed by atoms with Crippen molar-refractivity contribution < 1.29 is 4.74 Å². The fourth-order valence-corrected chi connectivity index (χ4v) is 3.35. The van der Waals surface area contributed by atoms with Gasteiger partial charge in [0.25, 0.3) is 0 Å². The van der Waals surface area contributed by atoms with Crippen LogP contribution in [-0.4, -0.2) is 27.8 Å². The average Bonchev–Trinajstić information content (AvgIpc) is 3.38. The lowest BCUT2D eigenvalue weighted by Gasteiger charge is -2.22. The van der Waals surface area contributed by atoms with E-state index in [2.05, 4.69) is 27.1 Å². The molecule has 1 saturated carbocycles. The van der Waals surface area contributed by atoms with Crippen molar-refractivity contribution in [2.45, 2.75) is 31.1 Å². The predicted molar refractivity (Wildman–Crippen MR) is 93.3 cm³/mol. The molecule has 1 unspecified atom stereocenters. The van der Waals surface area contributed by atoms with Crippen LogP contribution >= 0.6 is 0 Å². The van der Waals surface area contributed by atoms with Gasteiger partial charge in [-0.05, 0) is 37.3 Å². The van der Waals surface area contributed by atoms with E-state index in [1.165, 1.54) is 24.1 Å². The van der Waals surface area contributed by atoms with Crippen LogP contribution in [0.15, 0.2) is 41.7 Å². The molecule has 120 valence electrons. The van der Waals surface area contributed by atoms with E-state index in [1.807, 2.05) is 24.4 Å². The van der Waals surface area contributed by atoms with Crippen molar-refractivity contribution >= 4 is 23.1 Å². The monoisotopic (exact) mass is 318 g/mol. The molecule has 1 N–H and O–H groups in total. The number of ether oxygens (including phenoxy) is 1. The molecule has 2 aliphatic rings. The van der Waals surface area contributed by atoms with Crippen molar-refractivity contribution in [3.8, 4) is 5.75 Å². The summed E-state index contributed by atoms with van der Waals surface area (Å²) < 4.78 is 5.72. The Morgan fingerprint density at radius 2 is 2.08 bits per heavy atom. The fraction of sp³-hybridized carbons (Fsp3) is 0.316. The summed E-state index contributed by atoms with van der Waals surface area (Å²) >= 11 is 0. The third kappa shape index (κ3) is 2.37. The molecule has 1 atom stereocenters. The summed E-state index contributed by atoms with van der Waals surface area (Å²) in [6.45, 7) is 0.725. The van der Waals surface area contributed by atoms with Crippen molar-refractivity contribution in [2.24, 2.45) is 4.99 Å². The summed E-state index contributed by atoms with van der Waals surface area (Å²) in [5, 5.41) is 1.01. The lowest BCUT2D eigenvalue weighted by atomic mass is 9.94. The molecule has 2 aromatic heterocycles. The molecular formula is C19H18N4O. The van der Waals surface area contributed by atoms with Crippen molar-refractivity contribution in [1.29, 1.82) is 0 Å². The van der Waals surface area contributed by atoms with Gasteiger partial charge < -0.3 is 9.72 Å². The maximum Gasteiger partial charge on any atom is 0.164 e. The number of aliphatic imine (C=N–C) groups is 1. The van der Waals surface area contributed by atoms with Crippen LogP contribution in [0.2, 0.25) is 0 Å². The number of nitrogens with one attached hydrogen (secondary N) is 1. The van der Waals surface area contributed by atoms with Crippen LogP contribution in [0.1, 0.15) is 42.4 Å². The second-order valence-electron chi connectivity index (χ2n) is 6.52. The van der Waals surface area contributed by atoms with Crippen LogP contribution in [0.5, 0.6) is 5.75 Å². The largest absolute Gasteiger partial charge is 0.493 e. The van der Waals surface area contributed by atoms with Crippen LogP contribution in [-0.2, 0) is 0 Å². The topological polar surface area (TPSA) is 63.2 Å². The molecule has 24 heavy (non-hydrogen) atoms. The van der Waals surface area contributed by atoms with Gasteiger partial charge in [-0.15, -0.1) is 0 Å². The predicted octanol–water partition coefficient (Wildman–Crippen LogP) is 4.10. The molecule has 0 bridgehead atoms. The van der Waals surface area contributed by atoms with Crippen molar-refractivity contribution in [3.63, 3.8) is 0 Å². The van der Waals surface area contributed by atoms with Gasteiger partial charge in [0.05, 0.1) is 12.0 Å². The van der Waals surface area contributed by atoms with E-state index in [0.717, 1.165) is 35.6 Å². The number of para-hydroxylation sites is 1. The SMILES string of the molecule is C(=N/c1ncnc2[nH]c(C3CC3)cc12)/C1CCOc2ccccc21. The highest BCUT2D eigenvalue weighted by Gasteiger charge is 2.26. The summed E-state index contributed by atoms with van der Waals surface area (Å²) in [5.41, 5.74) is 3.34. The molecule has 3 aromatic rings. The molecule has 0 radical (unpaired) electrons. The zero-order valence-electron chi connectivity index (χ0n) is 13.3. The van der Waals surface area contributed by atoms with Crippen LogP contribution < -0.4 is 4.74 Å². The molecule has 1 aliphatic heterocycles. The van der Waals surface area contributed by atoms with Crippen molar-refractivity contribution in [2.75, 3.05) is 6.61 Å². The van der Waals surface area contributed by atoms with E-state index < -0.39 is 0 Å². The van der Waals surface area contributed by atoms with Crippen LogP contribution in [0.4, 0.5) is 5.82 Å². The van der Waals surface area contributed by atoms with E-state index in [0.29, 0.717) is 5.92 Å². The van der Waals surface area contributed by atoms with E-state index in [4.69, 9.17) is 9.73 Å². The quantitative estimate of drug-likeness (QED) is 0.739. The number of benzene rings is 1. The molecule has 1 aliphatic carbocycles. The lowest BCUT2D eigenvalue weighted by molar-refractivity contribution is 0.283. The molecule has 0 spiro atoms. The third-order valence-corrected chi connectivity index (χ3v) is 4.82. The minimum atomic E-state index is 0.266. The second-order valence-corrected chi connectivity index (χ2v) is 6.52. The number of H-pyrrole nitrogens is 1. The first kappa shape index (κ1) is 13.7. The van der Waals surface area contributed by atoms with E-state index in [1.54, 1.807) is 6.33 Å². The normalized spacial score (nSPS) is 20.2. The van der Waals surface area contributed by atoms with Gasteiger partial charge in [0.1, 0.15) is 17.7 Å². The summed E-state index contributed by atoms with van der Waals surface area (Å²) in [4.78, 5) is 16.8. The van der Waals surface area contributed by atoms with Crippen molar-refractivity contribution in [1.82, 2.24) is 15.0 Å². The number of aromatic nitrogens is 3. The molecule has 5 nitrogen and oxygen atoms in total. The van der Waals surface area contributed by atoms with Crippen LogP contribution in [0.3, 0.4) is 0 Å². The Bertz CT molecular complexity index is 926. The summed E-state index contributed by atoms with van der Waals surface area (Å²) in [6, 6.07) is 10.4. The minimum absolute atomic E-state index is 0.266. The van der Waals surface area contributed by atoms with Gasteiger partial charge in [0.15, 0.2) is 5.82 Å². The van der Waals surface area contributed by atoms with Gasteiger partial charge in [-0.3, -0.25) is 0 Å². The highest BCUT2D eigenvalue weighted by Crippen LogP contribution is 2.41. The van der Waals surface area contributed by atoms with Crippen LogP contribution in [0, 0.1) is 0 Å². The van der Waals surface area contributed by atoms with Gasteiger partial charge in [0.2, 0.25) is 0 Å². The maximum absolute atomic E-state index is 5.72. The highest BCUT2D eigenvalue weighted by molar-refractivity contribution is 5.88. The number of rotatable bonds is 3. The molecule has 3 heterocycles. The van der Waals surface area contributed by atoms with Crippen molar-refractivity contribution in [3.05, 3.63) is 47.9 Å². The van der Waals surface area contributed by atoms with Gasteiger partial charge in [-0.2, -0.15) is 0 Å². The number of hydrogen-bond donors (Lipinski definition) is 1. The maximum atomic E-state index is 5.72. The summed E-state index contributed by atoms with van der Waals surface area (Å²) in [5.74, 6) is 2.64. The molecule has 5 heteroatoms. The van der Waals surface area contributed by atoms with E-state index in [-0.39, 0.29) is 5.92 Å². The molecule has 0 amide bonds. The van der Waals surface area contributed by atoms with E-state index in [9.17, 15) is 0 Å². The Balaban J connectivity index is 1.49. The third-order valence-electron chi connectivity index (χ3n) is 4.82. The first-order valence-electron chi connectivity index (χ1n) is 8.48. The number of nitrogens with zero attached hydrogens (tertiary/aromatic N) is 3. The minimum Gasteiger partial charge on any atom is -0.493 e. The van der Waals surface area contributed by atoms with Crippen LogP contribution in [0.25, 0.3) is 11.0 Å². The standard InChI is InChI=1S/C19H18N4O/c1-2-4-17-14(3-1)13(7-8-24-17)10-20-18-15-9-16(12-5-6-12)23-19(15)22-11-21-18/h1-4,9-13H,5-8H2,(H,21,22,23)/b20-10-. The zero-order chi connectivity index (χ0) is 15.9. The number of hydrogen-bond acceptors (Lipinski definition) is 4. The Kier molecular flexibility index (Phi) is 3.11. The average molecular weight is 318 g/mol. The first-order valence-corrected chi connectivity index (χ1v) is 8.48.